The van der Waals surface area contributed by atoms with Gasteiger partial charge in [0.25, 0.3) is 5.91 Å². The Kier molecular flexibility index (Phi) is 4.15. The lowest BCUT2D eigenvalue weighted by molar-refractivity contribution is -0.142. The Labute approximate surface area is 128 Å². The Morgan fingerprint density at radius 3 is 2.73 bits per heavy atom. The van der Waals surface area contributed by atoms with Gasteiger partial charge in [0.1, 0.15) is 6.04 Å². The molecule has 0 spiro atoms. The zero-order valence-corrected chi connectivity index (χ0v) is 12.5. The molecule has 2 atom stereocenters. The van der Waals surface area contributed by atoms with E-state index in [0.717, 1.165) is 25.7 Å². The molecule has 1 aromatic heterocycles. The maximum atomic E-state index is 12.3. The van der Waals surface area contributed by atoms with Crippen molar-refractivity contribution in [3.8, 4) is 0 Å². The molecule has 2 fully saturated rings. The number of nitrogens with one attached hydrogen (secondary N) is 1. The van der Waals surface area contributed by atoms with E-state index in [1.54, 1.807) is 6.92 Å². The molecule has 1 aliphatic heterocycles. The Hall–Kier alpha value is -1.89. The minimum absolute atomic E-state index is 0.116. The van der Waals surface area contributed by atoms with Crippen LogP contribution in [0.4, 0.5) is 0 Å². The fraction of sp³-hybridized carbons (Fsp3) is 0.667. The van der Waals surface area contributed by atoms with Crippen molar-refractivity contribution < 1.29 is 23.8 Å². The maximum Gasteiger partial charge on any atom is 0.326 e. The van der Waals surface area contributed by atoms with Gasteiger partial charge < -0.3 is 19.6 Å². The number of carboxylic acids is 1. The minimum Gasteiger partial charge on any atom is -0.480 e. The molecule has 1 aliphatic carbocycles. The molecular weight excluding hydrogens is 288 g/mol. The largest absolute Gasteiger partial charge is 0.480 e. The first kappa shape index (κ1) is 15.0. The Morgan fingerprint density at radius 2 is 2.14 bits per heavy atom. The molecule has 0 aromatic carbocycles. The van der Waals surface area contributed by atoms with Gasteiger partial charge in [0.2, 0.25) is 5.76 Å². The van der Waals surface area contributed by atoms with E-state index in [1.807, 2.05) is 0 Å². The average Bonchev–Trinajstić information content (AvgIpc) is 3.28. The van der Waals surface area contributed by atoms with E-state index < -0.39 is 17.9 Å². The smallest absolute Gasteiger partial charge is 0.326 e. The van der Waals surface area contributed by atoms with Gasteiger partial charge in [0.15, 0.2) is 5.89 Å². The van der Waals surface area contributed by atoms with Crippen LogP contribution in [0, 0.1) is 12.8 Å². The third-order valence-corrected chi connectivity index (χ3v) is 4.17. The van der Waals surface area contributed by atoms with Crippen LogP contribution in [0.5, 0.6) is 0 Å². The quantitative estimate of drug-likeness (QED) is 0.854. The van der Waals surface area contributed by atoms with Crippen LogP contribution in [0.1, 0.15) is 53.7 Å². The second kappa shape index (κ2) is 6.08. The van der Waals surface area contributed by atoms with E-state index in [1.165, 1.54) is 0 Å². The summed E-state index contributed by atoms with van der Waals surface area (Å²) in [4.78, 5) is 28.0. The molecule has 1 amide bonds. The molecular formula is C15H20N2O5. The highest BCUT2D eigenvalue weighted by atomic mass is 16.5. The van der Waals surface area contributed by atoms with Crippen molar-refractivity contribution in [2.45, 2.75) is 44.6 Å². The van der Waals surface area contributed by atoms with Gasteiger partial charge in [-0.05, 0) is 32.6 Å². The molecule has 2 aliphatic rings. The molecule has 1 saturated carbocycles. The van der Waals surface area contributed by atoms with Crippen molar-refractivity contribution in [1.29, 1.82) is 0 Å². The van der Waals surface area contributed by atoms with Gasteiger partial charge in [0, 0.05) is 18.4 Å². The number of aryl methyl sites for hydroxylation is 1. The zero-order valence-electron chi connectivity index (χ0n) is 12.5. The van der Waals surface area contributed by atoms with Gasteiger partial charge in [-0.25, -0.2) is 9.78 Å². The zero-order chi connectivity index (χ0) is 15.7. The number of aromatic nitrogens is 1. The first-order valence-electron chi connectivity index (χ1n) is 7.65. The lowest BCUT2D eigenvalue weighted by Gasteiger charge is -2.27. The highest BCUT2D eigenvalue weighted by molar-refractivity contribution is 5.95. The van der Waals surface area contributed by atoms with E-state index >= 15 is 0 Å². The van der Waals surface area contributed by atoms with Crippen molar-refractivity contribution in [1.82, 2.24) is 10.3 Å². The summed E-state index contributed by atoms with van der Waals surface area (Å²) in [5.74, 6) is -0.790. The third-order valence-electron chi connectivity index (χ3n) is 4.17. The first-order chi connectivity index (χ1) is 10.6. The normalized spacial score (nSPS) is 23.0. The number of amides is 1. The highest BCUT2D eigenvalue weighted by Gasteiger charge is 2.34. The SMILES string of the molecule is Cc1nc(C2CC2)oc1C(=O)NC(C(=O)O)C1CCCOC1. The molecule has 1 saturated heterocycles. The summed E-state index contributed by atoms with van der Waals surface area (Å²) >= 11 is 0. The number of rotatable bonds is 5. The summed E-state index contributed by atoms with van der Waals surface area (Å²) in [6, 6.07) is -0.971. The summed E-state index contributed by atoms with van der Waals surface area (Å²) in [5, 5.41) is 11.9. The van der Waals surface area contributed by atoms with E-state index in [4.69, 9.17) is 9.15 Å². The molecule has 3 rings (SSSR count). The summed E-state index contributed by atoms with van der Waals surface area (Å²) in [7, 11) is 0. The van der Waals surface area contributed by atoms with Gasteiger partial charge in [0.05, 0.1) is 12.3 Å². The third kappa shape index (κ3) is 3.14. The Morgan fingerprint density at radius 1 is 1.36 bits per heavy atom. The van der Waals surface area contributed by atoms with Gasteiger partial charge in [-0.3, -0.25) is 4.79 Å². The van der Waals surface area contributed by atoms with E-state index in [9.17, 15) is 14.7 Å². The molecule has 0 bridgehead atoms. The fourth-order valence-electron chi connectivity index (χ4n) is 2.75. The molecule has 2 unspecified atom stereocenters. The number of nitrogens with zero attached hydrogens (tertiary/aromatic N) is 1. The van der Waals surface area contributed by atoms with Crippen molar-refractivity contribution in [3.05, 3.63) is 17.3 Å². The van der Waals surface area contributed by atoms with Crippen LogP contribution in [0.3, 0.4) is 0 Å². The van der Waals surface area contributed by atoms with Crippen LogP contribution in [-0.2, 0) is 9.53 Å². The fourth-order valence-corrected chi connectivity index (χ4v) is 2.75. The van der Waals surface area contributed by atoms with Crippen LogP contribution in [0.2, 0.25) is 0 Å². The number of ether oxygens (including phenoxy) is 1. The Balaban J connectivity index is 1.71. The summed E-state index contributed by atoms with van der Waals surface area (Å²) in [6.45, 7) is 2.69. The van der Waals surface area contributed by atoms with Crippen LogP contribution in [0.25, 0.3) is 0 Å². The molecule has 7 nitrogen and oxygen atoms in total. The molecule has 7 heteroatoms. The summed E-state index contributed by atoms with van der Waals surface area (Å²) in [5.41, 5.74) is 0.503. The van der Waals surface area contributed by atoms with Crippen LogP contribution >= 0.6 is 0 Å². The van der Waals surface area contributed by atoms with E-state index in [2.05, 4.69) is 10.3 Å². The van der Waals surface area contributed by atoms with Crippen molar-refractivity contribution in [3.63, 3.8) is 0 Å². The minimum atomic E-state index is -1.05. The number of oxazole rings is 1. The number of carbonyl (C=O) groups is 2. The molecule has 2 N–H and O–H groups in total. The predicted octanol–water partition coefficient (Wildman–Crippen LogP) is 1.47. The summed E-state index contributed by atoms with van der Waals surface area (Å²) in [6.07, 6.45) is 3.58. The number of carboxylic acid groups (broad SMARTS) is 1. The van der Waals surface area contributed by atoms with Crippen molar-refractivity contribution in [2.75, 3.05) is 13.2 Å². The van der Waals surface area contributed by atoms with Gasteiger partial charge >= 0.3 is 5.97 Å². The first-order valence-corrected chi connectivity index (χ1v) is 7.65. The second-order valence-electron chi connectivity index (χ2n) is 6.01. The van der Waals surface area contributed by atoms with Gasteiger partial charge in [-0.1, -0.05) is 0 Å². The standard InChI is InChI=1S/C15H20N2O5/c1-8-12(22-14(16-8)9-4-5-9)13(18)17-11(15(19)20)10-3-2-6-21-7-10/h9-11H,2-7H2,1H3,(H,17,18)(H,19,20). The summed E-state index contributed by atoms with van der Waals surface area (Å²) < 4.78 is 10.8. The monoisotopic (exact) mass is 308 g/mol. The van der Waals surface area contributed by atoms with Gasteiger partial charge in [-0.2, -0.15) is 0 Å². The average molecular weight is 308 g/mol. The Bertz CT molecular complexity index is 572. The molecule has 1 aromatic rings. The number of hydrogen-bond donors (Lipinski definition) is 2. The lowest BCUT2D eigenvalue weighted by Crippen LogP contribution is -2.48. The molecule has 2 heterocycles. The predicted molar refractivity (Wildman–Crippen MR) is 75.6 cm³/mol. The molecule has 22 heavy (non-hydrogen) atoms. The second-order valence-corrected chi connectivity index (χ2v) is 6.01. The van der Waals surface area contributed by atoms with E-state index in [-0.39, 0.29) is 11.7 Å². The molecule has 120 valence electrons. The van der Waals surface area contributed by atoms with Crippen LogP contribution in [-0.4, -0.2) is 41.2 Å². The maximum absolute atomic E-state index is 12.3. The van der Waals surface area contributed by atoms with Crippen LogP contribution < -0.4 is 5.32 Å². The van der Waals surface area contributed by atoms with E-state index in [0.29, 0.717) is 30.7 Å². The van der Waals surface area contributed by atoms with Gasteiger partial charge in [-0.15, -0.1) is 0 Å². The van der Waals surface area contributed by atoms with Crippen molar-refractivity contribution in [2.24, 2.45) is 5.92 Å². The number of carbonyl (C=O) groups excluding carboxylic acids is 1. The number of hydrogen-bond acceptors (Lipinski definition) is 5. The van der Waals surface area contributed by atoms with Crippen LogP contribution in [0.15, 0.2) is 4.42 Å². The van der Waals surface area contributed by atoms with Crippen molar-refractivity contribution >= 4 is 11.9 Å². The number of aliphatic carboxylic acids is 1. The lowest BCUT2D eigenvalue weighted by atomic mass is 9.93. The topological polar surface area (TPSA) is 102 Å². The highest BCUT2D eigenvalue weighted by Crippen LogP contribution is 2.40. The molecule has 0 radical (unpaired) electrons.